The fourth-order valence-electron chi connectivity index (χ4n) is 2.54. The molecule has 0 amide bonds. The van der Waals surface area contributed by atoms with E-state index in [0.717, 1.165) is 16.8 Å². The third-order valence-electron chi connectivity index (χ3n) is 3.66. The van der Waals surface area contributed by atoms with Crippen molar-refractivity contribution in [2.24, 2.45) is 0 Å². The van der Waals surface area contributed by atoms with E-state index >= 15 is 0 Å². The Balaban J connectivity index is 2.45. The topological polar surface area (TPSA) is 63.7 Å². The Morgan fingerprint density at radius 3 is 2.76 bits per heavy atom. The van der Waals surface area contributed by atoms with Gasteiger partial charge in [-0.15, -0.1) is 0 Å². The second-order valence-electron chi connectivity index (χ2n) is 5.06. The molecule has 0 spiro atoms. The minimum absolute atomic E-state index is 0.0988. The van der Waals surface area contributed by atoms with E-state index in [9.17, 15) is 17.6 Å². The van der Waals surface area contributed by atoms with Crippen LogP contribution >= 0.6 is 0 Å². The highest BCUT2D eigenvalue weighted by atomic mass is 32.2. The van der Waals surface area contributed by atoms with Crippen molar-refractivity contribution in [1.82, 2.24) is 4.31 Å². The third kappa shape index (κ3) is 3.08. The van der Waals surface area contributed by atoms with Gasteiger partial charge in [-0.05, 0) is 43.9 Å². The highest BCUT2D eigenvalue weighted by Crippen LogP contribution is 2.28. The van der Waals surface area contributed by atoms with Crippen LogP contribution in [-0.2, 0) is 19.6 Å². The Morgan fingerprint density at radius 2 is 2.10 bits per heavy atom. The molecule has 1 aliphatic heterocycles. The molecule has 5 nitrogen and oxygen atoms in total. The first kappa shape index (κ1) is 15.9. The fraction of sp³-hybridized carbons (Fsp3) is 0.500. The van der Waals surface area contributed by atoms with Gasteiger partial charge in [0.1, 0.15) is 11.9 Å². The van der Waals surface area contributed by atoms with Crippen LogP contribution in [0.15, 0.2) is 23.1 Å². The standard InChI is InChI=1S/C14H18FNO4S/c1-10-6-7-11(15)9-13(10)21(18,19)16-8-4-3-5-12(16)14(17)20-2/h6-7,9,12H,3-5,8H2,1-2H3. The van der Waals surface area contributed by atoms with Crippen LogP contribution in [0.5, 0.6) is 0 Å². The maximum atomic E-state index is 13.4. The Bertz CT molecular complexity index is 644. The molecule has 7 heteroatoms. The minimum atomic E-state index is -3.93. The molecule has 1 atom stereocenters. The number of ether oxygens (including phenoxy) is 1. The molecular weight excluding hydrogens is 297 g/mol. The van der Waals surface area contributed by atoms with E-state index < -0.39 is 27.9 Å². The van der Waals surface area contributed by atoms with Gasteiger partial charge in [-0.3, -0.25) is 4.79 Å². The molecule has 116 valence electrons. The lowest BCUT2D eigenvalue weighted by atomic mass is 10.1. The SMILES string of the molecule is COC(=O)C1CCCCN1S(=O)(=O)c1cc(F)ccc1C. The quantitative estimate of drug-likeness (QED) is 0.799. The summed E-state index contributed by atoms with van der Waals surface area (Å²) in [5.74, 6) is -1.20. The van der Waals surface area contributed by atoms with Gasteiger partial charge in [0.2, 0.25) is 10.0 Å². The predicted molar refractivity (Wildman–Crippen MR) is 74.7 cm³/mol. The van der Waals surface area contributed by atoms with Gasteiger partial charge in [-0.1, -0.05) is 6.07 Å². The number of methoxy groups -OCH3 is 1. The van der Waals surface area contributed by atoms with Crippen molar-refractivity contribution in [2.45, 2.75) is 37.1 Å². The first-order valence-corrected chi connectivity index (χ1v) is 8.17. The van der Waals surface area contributed by atoms with Gasteiger partial charge in [-0.2, -0.15) is 4.31 Å². The van der Waals surface area contributed by atoms with E-state index in [1.54, 1.807) is 6.92 Å². The summed E-state index contributed by atoms with van der Waals surface area (Å²) in [7, 11) is -2.70. The molecule has 1 unspecified atom stereocenters. The third-order valence-corrected chi connectivity index (χ3v) is 5.71. The lowest BCUT2D eigenvalue weighted by molar-refractivity contribution is -0.146. The van der Waals surface area contributed by atoms with E-state index in [0.29, 0.717) is 18.4 Å². The Morgan fingerprint density at radius 1 is 1.38 bits per heavy atom. The van der Waals surface area contributed by atoms with Gasteiger partial charge in [-0.25, -0.2) is 12.8 Å². The second-order valence-corrected chi connectivity index (χ2v) is 6.92. The zero-order valence-corrected chi connectivity index (χ0v) is 12.8. The zero-order valence-electron chi connectivity index (χ0n) is 12.0. The van der Waals surface area contributed by atoms with Crippen molar-refractivity contribution in [2.75, 3.05) is 13.7 Å². The molecule has 1 aromatic carbocycles. The smallest absolute Gasteiger partial charge is 0.324 e. The maximum absolute atomic E-state index is 13.4. The Hall–Kier alpha value is -1.47. The average molecular weight is 315 g/mol. The number of aryl methyl sites for hydroxylation is 1. The highest BCUT2D eigenvalue weighted by molar-refractivity contribution is 7.89. The molecule has 1 aliphatic rings. The normalized spacial score (nSPS) is 20.2. The average Bonchev–Trinajstić information content (AvgIpc) is 2.48. The summed E-state index contributed by atoms with van der Waals surface area (Å²) in [5, 5.41) is 0. The number of hydrogen-bond donors (Lipinski definition) is 0. The lowest BCUT2D eigenvalue weighted by Gasteiger charge is -2.33. The van der Waals surface area contributed by atoms with Crippen LogP contribution in [0.25, 0.3) is 0 Å². The zero-order chi connectivity index (χ0) is 15.6. The Kier molecular flexibility index (Phi) is 4.63. The predicted octanol–water partition coefficient (Wildman–Crippen LogP) is 1.85. The van der Waals surface area contributed by atoms with Crippen LogP contribution in [0.1, 0.15) is 24.8 Å². The first-order chi connectivity index (χ1) is 9.87. The molecule has 0 saturated carbocycles. The summed E-state index contributed by atoms with van der Waals surface area (Å²) < 4.78 is 44.7. The van der Waals surface area contributed by atoms with Crippen molar-refractivity contribution in [3.05, 3.63) is 29.6 Å². The van der Waals surface area contributed by atoms with Crippen LogP contribution in [-0.4, -0.2) is 38.4 Å². The number of carbonyl (C=O) groups is 1. The van der Waals surface area contributed by atoms with Crippen molar-refractivity contribution in [1.29, 1.82) is 0 Å². The summed E-state index contributed by atoms with van der Waals surface area (Å²) >= 11 is 0. The van der Waals surface area contributed by atoms with Crippen molar-refractivity contribution in [3.8, 4) is 0 Å². The molecule has 0 N–H and O–H groups in total. The number of esters is 1. The molecule has 1 aromatic rings. The van der Waals surface area contributed by atoms with Crippen LogP contribution < -0.4 is 0 Å². The van der Waals surface area contributed by atoms with E-state index in [4.69, 9.17) is 0 Å². The minimum Gasteiger partial charge on any atom is -0.468 e. The monoisotopic (exact) mass is 315 g/mol. The van der Waals surface area contributed by atoms with Crippen molar-refractivity contribution >= 4 is 16.0 Å². The number of sulfonamides is 1. The molecule has 21 heavy (non-hydrogen) atoms. The number of hydrogen-bond acceptors (Lipinski definition) is 4. The first-order valence-electron chi connectivity index (χ1n) is 6.73. The number of benzene rings is 1. The van der Waals surface area contributed by atoms with Gasteiger partial charge >= 0.3 is 5.97 Å². The van der Waals surface area contributed by atoms with Gasteiger partial charge in [0.05, 0.1) is 12.0 Å². The second kappa shape index (κ2) is 6.11. The van der Waals surface area contributed by atoms with Gasteiger partial charge in [0, 0.05) is 6.54 Å². The molecular formula is C14H18FNO4S. The lowest BCUT2D eigenvalue weighted by Crippen LogP contribution is -2.48. The van der Waals surface area contributed by atoms with Crippen molar-refractivity contribution in [3.63, 3.8) is 0 Å². The van der Waals surface area contributed by atoms with E-state index in [1.807, 2.05) is 0 Å². The fourth-order valence-corrected chi connectivity index (χ4v) is 4.43. The molecule has 0 aromatic heterocycles. The van der Waals surface area contributed by atoms with E-state index in [-0.39, 0.29) is 11.4 Å². The van der Waals surface area contributed by atoms with Crippen LogP contribution in [0.2, 0.25) is 0 Å². The van der Waals surface area contributed by atoms with Crippen molar-refractivity contribution < 1.29 is 22.3 Å². The Labute approximate surface area is 123 Å². The molecule has 0 aliphatic carbocycles. The molecule has 1 saturated heterocycles. The summed E-state index contributed by atoms with van der Waals surface area (Å²) in [4.78, 5) is 11.7. The highest BCUT2D eigenvalue weighted by Gasteiger charge is 2.38. The van der Waals surface area contributed by atoms with E-state index in [1.165, 1.54) is 19.2 Å². The number of nitrogens with zero attached hydrogens (tertiary/aromatic N) is 1. The molecule has 0 bridgehead atoms. The van der Waals surface area contributed by atoms with Gasteiger partial charge in [0.25, 0.3) is 0 Å². The van der Waals surface area contributed by atoms with Gasteiger partial charge < -0.3 is 4.74 Å². The molecule has 1 fully saturated rings. The molecule has 0 radical (unpaired) electrons. The summed E-state index contributed by atoms with van der Waals surface area (Å²) in [6.45, 7) is 1.83. The van der Waals surface area contributed by atoms with Gasteiger partial charge in [0.15, 0.2) is 0 Å². The number of piperidine rings is 1. The summed E-state index contributed by atoms with van der Waals surface area (Å²) in [5.41, 5.74) is 0.450. The summed E-state index contributed by atoms with van der Waals surface area (Å²) in [6.07, 6.45) is 1.84. The van der Waals surface area contributed by atoms with Crippen LogP contribution in [0.4, 0.5) is 4.39 Å². The molecule has 2 rings (SSSR count). The number of halogens is 1. The number of carbonyl (C=O) groups excluding carboxylic acids is 1. The van der Waals surface area contributed by atoms with Crippen LogP contribution in [0, 0.1) is 12.7 Å². The van der Waals surface area contributed by atoms with E-state index in [2.05, 4.69) is 4.74 Å². The molecule has 1 heterocycles. The van der Waals surface area contributed by atoms with Crippen LogP contribution in [0.3, 0.4) is 0 Å². The summed E-state index contributed by atoms with van der Waals surface area (Å²) in [6, 6.07) is 2.78. The maximum Gasteiger partial charge on any atom is 0.324 e. The number of rotatable bonds is 3. The largest absolute Gasteiger partial charge is 0.468 e.